The van der Waals surface area contributed by atoms with E-state index in [0.717, 1.165) is 16.7 Å². The fourth-order valence-electron chi connectivity index (χ4n) is 1.44. The smallest absolute Gasteiger partial charge is 0.270 e. The number of carbonyl (C=O) groups excluding carboxylic acids is 1. The second-order valence-corrected chi connectivity index (χ2v) is 7.13. The topological polar surface area (TPSA) is 51.2 Å². The molecule has 0 aliphatic rings. The number of hydrogen-bond acceptors (Lipinski definition) is 4. The van der Waals surface area contributed by atoms with E-state index in [1.807, 2.05) is 0 Å². The quantitative estimate of drug-likeness (QED) is 0.625. The van der Waals surface area contributed by atoms with E-state index in [1.54, 1.807) is 18.2 Å². The normalized spacial score (nSPS) is 11.9. The third-order valence-electron chi connectivity index (χ3n) is 2.14. The van der Waals surface area contributed by atoms with Crippen LogP contribution in [0.15, 0.2) is 28.5 Å². The third kappa shape index (κ3) is 1.98. The molecule has 1 aromatic carbocycles. The highest BCUT2D eigenvalue weighted by Gasteiger charge is 2.16. The minimum atomic E-state index is -3.73. The van der Waals surface area contributed by atoms with Crippen LogP contribution in [0.5, 0.6) is 0 Å². The van der Waals surface area contributed by atoms with Crippen LogP contribution < -0.4 is 0 Å². The van der Waals surface area contributed by atoms with Crippen molar-refractivity contribution in [2.45, 2.75) is 11.1 Å². The predicted molar refractivity (Wildman–Crippen MR) is 64.9 cm³/mol. The molecule has 0 bridgehead atoms. The van der Waals surface area contributed by atoms with Gasteiger partial charge in [0.15, 0.2) is 5.78 Å². The number of halogens is 1. The molecule has 16 heavy (non-hydrogen) atoms. The second kappa shape index (κ2) is 3.84. The van der Waals surface area contributed by atoms with Crippen LogP contribution in [0, 0.1) is 0 Å². The Morgan fingerprint density at radius 1 is 1.38 bits per heavy atom. The number of hydrogen-bond donors (Lipinski definition) is 0. The zero-order valence-electron chi connectivity index (χ0n) is 8.23. The molecule has 0 fully saturated rings. The molecule has 3 nitrogen and oxygen atoms in total. The van der Waals surface area contributed by atoms with Crippen LogP contribution in [-0.2, 0) is 9.05 Å². The van der Waals surface area contributed by atoms with Crippen molar-refractivity contribution in [3.63, 3.8) is 0 Å². The molecule has 2 aromatic rings. The highest BCUT2D eigenvalue weighted by atomic mass is 35.7. The summed E-state index contributed by atoms with van der Waals surface area (Å²) in [5, 5.41) is 0.719. The number of fused-ring (bicyclic) bond motifs is 1. The Labute approximate surface area is 101 Å². The highest BCUT2D eigenvalue weighted by Crippen LogP contribution is 2.33. The number of Topliss-reactive ketones (excluding diaryl/α,β-unsaturated/α-hetero) is 1. The number of ketones is 1. The van der Waals surface area contributed by atoms with Crippen LogP contribution in [0.25, 0.3) is 10.1 Å². The number of carbonyl (C=O) groups is 1. The van der Waals surface area contributed by atoms with Crippen molar-refractivity contribution >= 4 is 46.9 Å². The largest absolute Gasteiger partial charge is 0.294 e. The zero-order valence-corrected chi connectivity index (χ0v) is 10.6. The molecular weight excluding hydrogens is 268 g/mol. The molecule has 0 aliphatic carbocycles. The van der Waals surface area contributed by atoms with Crippen LogP contribution in [0.2, 0.25) is 0 Å². The van der Waals surface area contributed by atoms with Gasteiger partial charge in [0.2, 0.25) is 0 Å². The Morgan fingerprint density at radius 2 is 2.06 bits per heavy atom. The third-order valence-corrected chi connectivity index (χ3v) is 5.40. The molecule has 1 aromatic heterocycles. The Kier molecular flexibility index (Phi) is 2.77. The van der Waals surface area contributed by atoms with Gasteiger partial charge in [-0.2, -0.15) is 0 Å². The van der Waals surface area contributed by atoms with Crippen LogP contribution in [0.4, 0.5) is 0 Å². The zero-order chi connectivity index (χ0) is 11.9. The molecule has 0 saturated carbocycles. The molecular formula is C10H7ClO3S2. The monoisotopic (exact) mass is 274 g/mol. The summed E-state index contributed by atoms with van der Waals surface area (Å²) in [5.41, 5.74) is 0.522. The highest BCUT2D eigenvalue weighted by molar-refractivity contribution is 8.15. The van der Waals surface area contributed by atoms with Gasteiger partial charge in [0, 0.05) is 20.9 Å². The lowest BCUT2D eigenvalue weighted by molar-refractivity contribution is 0.101. The molecule has 84 valence electrons. The summed E-state index contributed by atoms with van der Waals surface area (Å²) in [5.74, 6) is -0.0917. The van der Waals surface area contributed by atoms with E-state index in [4.69, 9.17) is 10.7 Å². The van der Waals surface area contributed by atoms with Crippen molar-refractivity contribution in [2.75, 3.05) is 0 Å². The van der Waals surface area contributed by atoms with Crippen LogP contribution in [0.3, 0.4) is 0 Å². The van der Waals surface area contributed by atoms with E-state index in [-0.39, 0.29) is 9.99 Å². The van der Waals surface area contributed by atoms with Gasteiger partial charge in [-0.1, -0.05) is 12.1 Å². The van der Waals surface area contributed by atoms with E-state index in [9.17, 15) is 13.2 Å². The van der Waals surface area contributed by atoms with Gasteiger partial charge >= 0.3 is 0 Å². The van der Waals surface area contributed by atoms with Gasteiger partial charge in [0.1, 0.15) is 4.21 Å². The van der Waals surface area contributed by atoms with Crippen molar-refractivity contribution in [1.29, 1.82) is 0 Å². The number of benzene rings is 1. The van der Waals surface area contributed by atoms with E-state index < -0.39 is 9.05 Å². The molecule has 0 saturated heterocycles. The van der Waals surface area contributed by atoms with Crippen molar-refractivity contribution in [1.82, 2.24) is 0 Å². The van der Waals surface area contributed by atoms with Crippen LogP contribution in [-0.4, -0.2) is 14.2 Å². The summed E-state index contributed by atoms with van der Waals surface area (Å²) in [6, 6.07) is 6.63. The molecule has 0 atom stereocenters. The van der Waals surface area contributed by atoms with Crippen LogP contribution in [0.1, 0.15) is 17.3 Å². The first kappa shape index (κ1) is 11.6. The van der Waals surface area contributed by atoms with Gasteiger partial charge in [-0.05, 0) is 24.4 Å². The maximum atomic E-state index is 11.3. The van der Waals surface area contributed by atoms with Gasteiger partial charge < -0.3 is 0 Å². The Morgan fingerprint density at radius 3 is 2.62 bits per heavy atom. The van der Waals surface area contributed by atoms with Crippen molar-refractivity contribution in [2.24, 2.45) is 0 Å². The molecule has 0 N–H and O–H groups in total. The number of thiophene rings is 1. The summed E-state index contributed by atoms with van der Waals surface area (Å²) in [6.07, 6.45) is 0. The standard InChI is InChI=1S/C10H7ClO3S2/c1-6(12)8-4-2-3-7-5-9(15-10(7)8)16(11,13)14/h2-5H,1H3. The summed E-state index contributed by atoms with van der Waals surface area (Å²) >= 11 is 1.02. The molecule has 6 heteroatoms. The maximum Gasteiger partial charge on any atom is 0.270 e. The van der Waals surface area contributed by atoms with Crippen molar-refractivity contribution < 1.29 is 13.2 Å². The number of rotatable bonds is 2. The Bertz CT molecular complexity index is 670. The van der Waals surface area contributed by atoms with Gasteiger partial charge in [-0.3, -0.25) is 4.79 Å². The van der Waals surface area contributed by atoms with E-state index >= 15 is 0 Å². The minimum absolute atomic E-state index is 0.0675. The van der Waals surface area contributed by atoms with E-state index in [1.165, 1.54) is 13.0 Å². The first-order valence-electron chi connectivity index (χ1n) is 4.38. The molecule has 2 rings (SSSR count). The van der Waals surface area contributed by atoms with E-state index in [0.29, 0.717) is 10.3 Å². The fraction of sp³-hybridized carbons (Fsp3) is 0.100. The lowest BCUT2D eigenvalue weighted by atomic mass is 10.1. The first-order valence-corrected chi connectivity index (χ1v) is 7.50. The van der Waals surface area contributed by atoms with Crippen molar-refractivity contribution in [3.8, 4) is 0 Å². The minimum Gasteiger partial charge on any atom is -0.294 e. The molecule has 0 spiro atoms. The molecule has 0 unspecified atom stereocenters. The fourth-order valence-corrected chi connectivity index (χ4v) is 3.72. The summed E-state index contributed by atoms with van der Waals surface area (Å²) in [7, 11) is 1.53. The maximum absolute atomic E-state index is 11.3. The van der Waals surface area contributed by atoms with Crippen LogP contribution >= 0.6 is 22.0 Å². The lowest BCUT2D eigenvalue weighted by Crippen LogP contribution is -1.90. The second-order valence-electron chi connectivity index (χ2n) is 3.28. The average molecular weight is 275 g/mol. The van der Waals surface area contributed by atoms with Crippen molar-refractivity contribution in [3.05, 3.63) is 29.8 Å². The van der Waals surface area contributed by atoms with E-state index in [2.05, 4.69) is 0 Å². The SMILES string of the molecule is CC(=O)c1cccc2cc(S(=O)(=O)Cl)sc12. The van der Waals surface area contributed by atoms with Gasteiger partial charge in [0.25, 0.3) is 9.05 Å². The average Bonchev–Trinajstić information content (AvgIpc) is 2.59. The van der Waals surface area contributed by atoms with Gasteiger partial charge in [-0.15, -0.1) is 11.3 Å². The van der Waals surface area contributed by atoms with Gasteiger partial charge in [-0.25, -0.2) is 8.42 Å². The molecule has 0 aliphatic heterocycles. The van der Waals surface area contributed by atoms with Gasteiger partial charge in [0.05, 0.1) is 0 Å². The molecule has 1 heterocycles. The summed E-state index contributed by atoms with van der Waals surface area (Å²) in [6.45, 7) is 1.45. The summed E-state index contributed by atoms with van der Waals surface area (Å²) in [4.78, 5) is 11.3. The Balaban J connectivity index is 2.81. The lowest BCUT2D eigenvalue weighted by Gasteiger charge is -1.95. The predicted octanol–water partition coefficient (Wildman–Crippen LogP) is 3.03. The first-order chi connectivity index (χ1) is 7.39. The summed E-state index contributed by atoms with van der Waals surface area (Å²) < 4.78 is 23.1. The molecule has 0 radical (unpaired) electrons. The molecule has 0 amide bonds. The Hall–Kier alpha value is -0.910.